The van der Waals surface area contributed by atoms with E-state index < -0.39 is 29.5 Å². The molecule has 0 aliphatic carbocycles. The summed E-state index contributed by atoms with van der Waals surface area (Å²) in [5.41, 5.74) is 5.63. The van der Waals surface area contributed by atoms with Gasteiger partial charge in [0.05, 0.1) is 19.1 Å². The number of carbonyl (C=O) groups is 2. The van der Waals surface area contributed by atoms with Crippen molar-refractivity contribution in [3.05, 3.63) is 29.8 Å². The average Bonchev–Trinajstić information content (AvgIpc) is 2.49. The molecule has 8 heteroatoms. The molecular weight excluding hydrogens is 308 g/mol. The van der Waals surface area contributed by atoms with Crippen LogP contribution in [0.1, 0.15) is 13.8 Å². The highest BCUT2D eigenvalue weighted by Gasteiger charge is 2.17. The van der Waals surface area contributed by atoms with Gasteiger partial charge in [0.25, 0.3) is 0 Å². The summed E-state index contributed by atoms with van der Waals surface area (Å²) in [6, 6.07) is 2.28. The van der Waals surface area contributed by atoms with Crippen molar-refractivity contribution in [1.82, 2.24) is 10.6 Å². The molecule has 128 valence electrons. The summed E-state index contributed by atoms with van der Waals surface area (Å²) in [5.74, 6) is -2.46. The van der Waals surface area contributed by atoms with Crippen LogP contribution < -0.4 is 21.1 Å². The molecule has 0 unspecified atom stereocenters. The molecule has 23 heavy (non-hydrogen) atoms. The molecule has 0 saturated carbocycles. The Hall–Kier alpha value is -2.22. The highest BCUT2D eigenvalue weighted by molar-refractivity contribution is 5.87. The molecule has 0 saturated heterocycles. The van der Waals surface area contributed by atoms with Crippen molar-refractivity contribution in [2.24, 2.45) is 11.7 Å². The molecule has 0 aliphatic rings. The lowest BCUT2D eigenvalue weighted by Crippen LogP contribution is -2.47. The molecule has 6 nitrogen and oxygen atoms in total. The molecule has 0 spiro atoms. The second-order valence-corrected chi connectivity index (χ2v) is 5.26. The molecule has 1 aromatic rings. The highest BCUT2D eigenvalue weighted by Crippen LogP contribution is 2.17. The number of nitrogens with two attached hydrogens (primary N) is 1. The maximum absolute atomic E-state index is 13.3. The number of benzene rings is 1. The first-order valence-corrected chi connectivity index (χ1v) is 7.19. The Morgan fingerprint density at radius 2 is 1.96 bits per heavy atom. The first-order chi connectivity index (χ1) is 10.8. The standard InChI is InChI=1S/C15H21F2N3O3/c1-9(2)14(18)15(22)20-8-13(21)19-5-6-23-12-4-3-10(16)7-11(12)17/h3-4,7,9,14H,5-6,8,18H2,1-2H3,(H,19,21)(H,20,22)/t14-/m0/s1. The first-order valence-electron chi connectivity index (χ1n) is 7.19. The lowest BCUT2D eigenvalue weighted by Gasteiger charge is -2.15. The fourth-order valence-electron chi connectivity index (χ4n) is 1.59. The van der Waals surface area contributed by atoms with E-state index in [9.17, 15) is 18.4 Å². The zero-order valence-corrected chi connectivity index (χ0v) is 13.1. The minimum atomic E-state index is -0.814. The third kappa shape index (κ3) is 6.60. The van der Waals surface area contributed by atoms with Crippen LogP contribution in [0.2, 0.25) is 0 Å². The Bertz CT molecular complexity index is 553. The number of carbonyl (C=O) groups excluding carboxylic acids is 2. The van der Waals surface area contributed by atoms with Crippen molar-refractivity contribution < 1.29 is 23.1 Å². The van der Waals surface area contributed by atoms with Gasteiger partial charge in [-0.2, -0.15) is 0 Å². The van der Waals surface area contributed by atoms with Crippen LogP contribution in [0.3, 0.4) is 0 Å². The zero-order valence-electron chi connectivity index (χ0n) is 13.1. The van der Waals surface area contributed by atoms with Crippen molar-refractivity contribution in [2.75, 3.05) is 19.7 Å². The summed E-state index contributed by atoms with van der Waals surface area (Å²) in [5, 5.41) is 4.91. The number of amides is 2. The van der Waals surface area contributed by atoms with Crippen molar-refractivity contribution in [3.8, 4) is 5.75 Å². The van der Waals surface area contributed by atoms with Crippen LogP contribution in [-0.4, -0.2) is 37.6 Å². The molecule has 0 aliphatic heterocycles. The van der Waals surface area contributed by atoms with Crippen LogP contribution in [0.4, 0.5) is 8.78 Å². The topological polar surface area (TPSA) is 93.5 Å². The number of ether oxygens (including phenoxy) is 1. The highest BCUT2D eigenvalue weighted by atomic mass is 19.1. The van der Waals surface area contributed by atoms with Gasteiger partial charge in [-0.15, -0.1) is 0 Å². The summed E-state index contributed by atoms with van der Waals surface area (Å²) < 4.78 is 31.1. The van der Waals surface area contributed by atoms with E-state index in [-0.39, 0.29) is 31.4 Å². The number of hydrogen-bond donors (Lipinski definition) is 3. The maximum Gasteiger partial charge on any atom is 0.239 e. The van der Waals surface area contributed by atoms with Crippen LogP contribution in [0.15, 0.2) is 18.2 Å². The molecule has 0 fully saturated rings. The van der Waals surface area contributed by atoms with Crippen LogP contribution in [0, 0.1) is 17.6 Å². The van der Waals surface area contributed by atoms with Gasteiger partial charge < -0.3 is 21.1 Å². The lowest BCUT2D eigenvalue weighted by atomic mass is 10.1. The molecule has 1 aromatic carbocycles. The van der Waals surface area contributed by atoms with Crippen molar-refractivity contribution in [2.45, 2.75) is 19.9 Å². The van der Waals surface area contributed by atoms with Crippen LogP contribution in [0.25, 0.3) is 0 Å². The fraction of sp³-hybridized carbons (Fsp3) is 0.467. The van der Waals surface area contributed by atoms with Gasteiger partial charge in [0, 0.05) is 6.07 Å². The van der Waals surface area contributed by atoms with Gasteiger partial charge in [-0.25, -0.2) is 8.78 Å². The van der Waals surface area contributed by atoms with E-state index >= 15 is 0 Å². The molecule has 0 heterocycles. The predicted molar refractivity (Wildman–Crippen MR) is 80.7 cm³/mol. The van der Waals surface area contributed by atoms with Crippen LogP contribution in [-0.2, 0) is 9.59 Å². The van der Waals surface area contributed by atoms with Crippen LogP contribution >= 0.6 is 0 Å². The quantitative estimate of drug-likeness (QED) is 0.608. The Morgan fingerprint density at radius 3 is 2.57 bits per heavy atom. The molecule has 2 amide bonds. The Morgan fingerprint density at radius 1 is 1.26 bits per heavy atom. The van der Waals surface area contributed by atoms with Gasteiger partial charge in [0.15, 0.2) is 11.6 Å². The predicted octanol–water partition coefficient (Wildman–Crippen LogP) is 0.559. The maximum atomic E-state index is 13.3. The summed E-state index contributed by atoms with van der Waals surface area (Å²) in [4.78, 5) is 23.1. The van der Waals surface area contributed by atoms with E-state index in [2.05, 4.69) is 10.6 Å². The van der Waals surface area contributed by atoms with Gasteiger partial charge >= 0.3 is 0 Å². The van der Waals surface area contributed by atoms with Crippen LogP contribution in [0.5, 0.6) is 5.75 Å². The Labute approximate surface area is 133 Å². The third-order valence-electron chi connectivity index (χ3n) is 3.02. The summed E-state index contributed by atoms with van der Waals surface area (Å²) in [6.07, 6.45) is 0. The van der Waals surface area contributed by atoms with E-state index in [0.717, 1.165) is 6.07 Å². The van der Waals surface area contributed by atoms with Gasteiger partial charge in [0.1, 0.15) is 12.4 Å². The number of nitrogens with one attached hydrogen (secondary N) is 2. The molecule has 4 N–H and O–H groups in total. The van der Waals surface area contributed by atoms with Crippen molar-refractivity contribution in [3.63, 3.8) is 0 Å². The van der Waals surface area contributed by atoms with E-state index in [1.165, 1.54) is 6.07 Å². The minimum Gasteiger partial charge on any atom is -0.489 e. The van der Waals surface area contributed by atoms with Crippen molar-refractivity contribution in [1.29, 1.82) is 0 Å². The molecular formula is C15H21F2N3O3. The largest absolute Gasteiger partial charge is 0.489 e. The van der Waals surface area contributed by atoms with Gasteiger partial charge in [-0.3, -0.25) is 9.59 Å². The molecule has 0 aromatic heterocycles. The lowest BCUT2D eigenvalue weighted by molar-refractivity contribution is -0.127. The molecule has 1 atom stereocenters. The second kappa shape index (κ2) is 9.04. The Kier molecular flexibility index (Phi) is 7.40. The third-order valence-corrected chi connectivity index (χ3v) is 3.02. The molecule has 1 rings (SSSR count). The number of hydrogen-bond acceptors (Lipinski definition) is 4. The van der Waals surface area contributed by atoms with Gasteiger partial charge in [0.2, 0.25) is 11.8 Å². The summed E-state index contributed by atoms with van der Waals surface area (Å²) in [6.45, 7) is 3.52. The summed E-state index contributed by atoms with van der Waals surface area (Å²) >= 11 is 0. The normalized spacial score (nSPS) is 11.9. The van der Waals surface area contributed by atoms with E-state index in [0.29, 0.717) is 6.07 Å². The first kappa shape index (κ1) is 18.8. The second-order valence-electron chi connectivity index (χ2n) is 5.26. The zero-order chi connectivity index (χ0) is 17.4. The molecule has 0 radical (unpaired) electrons. The van der Waals surface area contributed by atoms with E-state index in [4.69, 9.17) is 10.5 Å². The number of rotatable bonds is 8. The van der Waals surface area contributed by atoms with Gasteiger partial charge in [-0.1, -0.05) is 13.8 Å². The van der Waals surface area contributed by atoms with Gasteiger partial charge in [-0.05, 0) is 18.1 Å². The average molecular weight is 329 g/mol. The fourth-order valence-corrected chi connectivity index (χ4v) is 1.59. The number of halogens is 2. The molecule has 0 bridgehead atoms. The summed E-state index contributed by atoms with van der Waals surface area (Å²) in [7, 11) is 0. The van der Waals surface area contributed by atoms with Crippen molar-refractivity contribution >= 4 is 11.8 Å². The van der Waals surface area contributed by atoms with E-state index in [1.54, 1.807) is 13.8 Å². The SMILES string of the molecule is CC(C)[C@H](N)C(=O)NCC(=O)NCCOc1ccc(F)cc1F. The van der Waals surface area contributed by atoms with E-state index in [1.807, 2.05) is 0 Å². The Balaban J connectivity index is 2.23. The smallest absolute Gasteiger partial charge is 0.239 e. The monoisotopic (exact) mass is 329 g/mol. The minimum absolute atomic E-state index is 0.00769.